The lowest BCUT2D eigenvalue weighted by molar-refractivity contribution is -0.142. The zero-order valence-electron chi connectivity index (χ0n) is 9.35. The number of rotatable bonds is 3. The summed E-state index contributed by atoms with van der Waals surface area (Å²) in [6.07, 6.45) is 0.630. The van der Waals surface area contributed by atoms with Crippen LogP contribution in [0, 0.1) is 39.4 Å². The van der Waals surface area contributed by atoms with E-state index in [1.165, 1.54) is 0 Å². The first kappa shape index (κ1) is 13.0. The highest BCUT2D eigenvalue weighted by Crippen LogP contribution is 2.31. The quantitative estimate of drug-likeness (QED) is 0.646. The van der Waals surface area contributed by atoms with Gasteiger partial charge in [-0.05, 0) is 12.8 Å². The number of carbonyl (C=O) groups excluding carboxylic acids is 1. The van der Waals surface area contributed by atoms with Crippen molar-refractivity contribution in [1.29, 1.82) is 15.8 Å². The highest BCUT2D eigenvalue weighted by Gasteiger charge is 2.42. The van der Waals surface area contributed by atoms with Crippen LogP contribution in [0.1, 0.15) is 12.8 Å². The molecule has 6 nitrogen and oxygen atoms in total. The molecular weight excluding hydrogens is 220 g/mol. The summed E-state index contributed by atoms with van der Waals surface area (Å²) in [5.74, 6) is -0.439. The molecule has 0 aromatic carbocycles. The summed E-state index contributed by atoms with van der Waals surface area (Å²) in [4.78, 5) is 13.3. The minimum Gasteiger partial charge on any atom is -0.381 e. The molecule has 0 aromatic heterocycles. The second-order valence-electron chi connectivity index (χ2n) is 3.78. The molecule has 0 N–H and O–H groups in total. The van der Waals surface area contributed by atoms with Crippen LogP contribution in [0.25, 0.3) is 0 Å². The minimum atomic E-state index is -1.13. The van der Waals surface area contributed by atoms with E-state index in [2.05, 4.69) is 0 Å². The predicted octanol–water partition coefficient (Wildman–Crippen LogP) is 0.183. The van der Waals surface area contributed by atoms with Crippen LogP contribution in [0.3, 0.4) is 0 Å². The molecule has 0 atom stereocenters. The first-order valence-electron chi connectivity index (χ1n) is 5.22. The van der Waals surface area contributed by atoms with Gasteiger partial charge >= 0.3 is 0 Å². The number of amides is 1. The van der Waals surface area contributed by atoms with E-state index in [-0.39, 0.29) is 13.1 Å². The lowest BCUT2D eigenvalue weighted by atomic mass is 9.80. The molecule has 17 heavy (non-hydrogen) atoms. The fraction of sp³-hybridized carbons (Fsp3) is 0.636. The maximum absolute atomic E-state index is 12.2. The Hall–Kier alpha value is -2.10. The van der Waals surface area contributed by atoms with E-state index in [1.54, 1.807) is 0 Å². The average molecular weight is 232 g/mol. The average Bonchev–Trinajstić information content (AvgIpc) is 2.38. The van der Waals surface area contributed by atoms with Crippen molar-refractivity contribution in [3.05, 3.63) is 0 Å². The van der Waals surface area contributed by atoms with Gasteiger partial charge in [0.25, 0.3) is 0 Å². The predicted molar refractivity (Wildman–Crippen MR) is 55.9 cm³/mol. The minimum absolute atomic E-state index is 0.170. The normalized spacial score (nSPS) is 17.2. The van der Waals surface area contributed by atoms with Crippen LogP contribution in [-0.2, 0) is 9.53 Å². The van der Waals surface area contributed by atoms with Gasteiger partial charge in [0.05, 0.1) is 18.2 Å². The zero-order chi connectivity index (χ0) is 12.7. The molecular formula is C11H12N4O2. The van der Waals surface area contributed by atoms with Crippen molar-refractivity contribution in [2.24, 2.45) is 5.41 Å². The third-order valence-electron chi connectivity index (χ3n) is 2.78. The Kier molecular flexibility index (Phi) is 4.46. The van der Waals surface area contributed by atoms with Crippen LogP contribution in [0.5, 0.6) is 0 Å². The highest BCUT2D eigenvalue weighted by atomic mass is 16.5. The third-order valence-corrected chi connectivity index (χ3v) is 2.78. The van der Waals surface area contributed by atoms with Crippen molar-refractivity contribution < 1.29 is 9.53 Å². The molecule has 0 saturated carbocycles. The van der Waals surface area contributed by atoms with Gasteiger partial charge in [0.2, 0.25) is 5.91 Å². The lowest BCUT2D eigenvalue weighted by Gasteiger charge is -2.32. The number of carbonyl (C=O) groups is 1. The van der Waals surface area contributed by atoms with E-state index in [0.29, 0.717) is 26.1 Å². The fourth-order valence-electron chi connectivity index (χ4n) is 1.77. The molecule has 0 radical (unpaired) electrons. The largest absolute Gasteiger partial charge is 0.381 e. The molecule has 1 fully saturated rings. The first-order valence-corrected chi connectivity index (χ1v) is 5.22. The molecule has 1 saturated heterocycles. The van der Waals surface area contributed by atoms with Crippen LogP contribution < -0.4 is 0 Å². The molecule has 6 heteroatoms. The summed E-state index contributed by atoms with van der Waals surface area (Å²) in [5.41, 5.74) is -1.13. The summed E-state index contributed by atoms with van der Waals surface area (Å²) in [6, 6.07) is 5.68. The molecule has 0 aliphatic carbocycles. The fourth-order valence-corrected chi connectivity index (χ4v) is 1.77. The van der Waals surface area contributed by atoms with Crippen molar-refractivity contribution in [3.63, 3.8) is 0 Å². The highest BCUT2D eigenvalue weighted by molar-refractivity contribution is 5.86. The number of ether oxygens (including phenoxy) is 1. The maximum Gasteiger partial charge on any atom is 0.244 e. The molecule has 0 unspecified atom stereocenters. The summed E-state index contributed by atoms with van der Waals surface area (Å²) in [5, 5.41) is 26.4. The molecule has 0 spiro atoms. The third kappa shape index (κ3) is 2.72. The van der Waals surface area contributed by atoms with Crippen molar-refractivity contribution in [2.75, 3.05) is 26.3 Å². The molecule has 1 aliphatic rings. The van der Waals surface area contributed by atoms with Crippen LogP contribution in [0.15, 0.2) is 0 Å². The Morgan fingerprint density at radius 2 is 1.71 bits per heavy atom. The molecule has 1 amide bonds. The van der Waals surface area contributed by atoms with Gasteiger partial charge in [-0.2, -0.15) is 15.8 Å². The topological polar surface area (TPSA) is 101 Å². The molecule has 88 valence electrons. The van der Waals surface area contributed by atoms with Gasteiger partial charge in [-0.15, -0.1) is 0 Å². The van der Waals surface area contributed by atoms with Gasteiger partial charge in [-0.25, -0.2) is 0 Å². The van der Waals surface area contributed by atoms with Gasteiger partial charge in [0.1, 0.15) is 18.5 Å². The van der Waals surface area contributed by atoms with E-state index in [0.717, 1.165) is 4.90 Å². The number of hydrogen-bond acceptors (Lipinski definition) is 5. The standard InChI is InChI=1S/C11H12N4O2/c12-3-5-15(6-4-13)10(16)11(9-14)1-7-17-8-2-11/h1-2,5-8H2. The zero-order valence-corrected chi connectivity index (χ0v) is 9.35. The SMILES string of the molecule is N#CCN(CC#N)C(=O)C1(C#N)CCOCC1. The summed E-state index contributed by atoms with van der Waals surface area (Å²) < 4.78 is 5.12. The molecule has 1 rings (SSSR count). The monoisotopic (exact) mass is 232 g/mol. The van der Waals surface area contributed by atoms with Crippen LogP contribution in [0.4, 0.5) is 0 Å². The van der Waals surface area contributed by atoms with Crippen LogP contribution >= 0.6 is 0 Å². The second-order valence-corrected chi connectivity index (χ2v) is 3.78. The smallest absolute Gasteiger partial charge is 0.244 e. The maximum atomic E-state index is 12.2. The number of hydrogen-bond donors (Lipinski definition) is 0. The Balaban J connectivity index is 2.88. The summed E-state index contributed by atoms with van der Waals surface area (Å²) in [7, 11) is 0. The van der Waals surface area contributed by atoms with E-state index in [1.807, 2.05) is 18.2 Å². The molecule has 1 aliphatic heterocycles. The van der Waals surface area contributed by atoms with Gasteiger partial charge in [0, 0.05) is 13.2 Å². The van der Waals surface area contributed by atoms with Gasteiger partial charge in [0.15, 0.2) is 0 Å². The number of nitriles is 3. The van der Waals surface area contributed by atoms with E-state index >= 15 is 0 Å². The second kappa shape index (κ2) is 5.84. The van der Waals surface area contributed by atoms with Gasteiger partial charge < -0.3 is 9.64 Å². The van der Waals surface area contributed by atoms with Crippen LogP contribution in [0.2, 0.25) is 0 Å². The van der Waals surface area contributed by atoms with Crippen molar-refractivity contribution in [2.45, 2.75) is 12.8 Å². The van der Waals surface area contributed by atoms with Crippen molar-refractivity contribution >= 4 is 5.91 Å². The summed E-state index contributed by atoms with van der Waals surface area (Å²) in [6.45, 7) is 0.367. The van der Waals surface area contributed by atoms with E-state index < -0.39 is 11.3 Å². The molecule has 0 bridgehead atoms. The van der Waals surface area contributed by atoms with Crippen LogP contribution in [-0.4, -0.2) is 37.1 Å². The Morgan fingerprint density at radius 1 is 1.18 bits per heavy atom. The van der Waals surface area contributed by atoms with E-state index in [4.69, 9.17) is 15.3 Å². The Bertz CT molecular complexity index is 391. The van der Waals surface area contributed by atoms with Gasteiger partial charge in [-0.1, -0.05) is 0 Å². The van der Waals surface area contributed by atoms with Crippen molar-refractivity contribution in [3.8, 4) is 18.2 Å². The van der Waals surface area contributed by atoms with Gasteiger partial charge in [-0.3, -0.25) is 4.79 Å². The lowest BCUT2D eigenvalue weighted by Crippen LogP contribution is -2.46. The first-order chi connectivity index (χ1) is 8.20. The van der Waals surface area contributed by atoms with Crippen molar-refractivity contribution in [1.82, 2.24) is 4.90 Å². The van der Waals surface area contributed by atoms with E-state index in [9.17, 15) is 10.1 Å². The molecule has 0 aromatic rings. The Labute approximate surface area is 99.6 Å². The Morgan fingerprint density at radius 3 is 2.12 bits per heavy atom. The molecule has 1 heterocycles. The number of nitrogens with zero attached hydrogens (tertiary/aromatic N) is 4. The summed E-state index contributed by atoms with van der Waals surface area (Å²) >= 11 is 0.